The van der Waals surface area contributed by atoms with Gasteiger partial charge in [-0.05, 0) is 6.42 Å². The van der Waals surface area contributed by atoms with Crippen LogP contribution in [0.15, 0.2) is 0 Å². The fourth-order valence-electron chi connectivity index (χ4n) is 2.65. The smallest absolute Gasteiger partial charge is 0 e. The molecule has 23 heavy (non-hydrogen) atoms. The monoisotopic (exact) mass is 392 g/mol. The predicted molar refractivity (Wildman–Crippen MR) is 95.0 cm³/mol. The molecule has 0 aromatic carbocycles. The van der Waals surface area contributed by atoms with Crippen molar-refractivity contribution in [3.05, 3.63) is 0 Å². The normalized spacial score (nSPS) is 9.57. The molecule has 0 radical (unpaired) electrons. The Morgan fingerprint density at radius 2 is 0.913 bits per heavy atom. The van der Waals surface area contributed by atoms with Crippen molar-refractivity contribution in [3.63, 3.8) is 0 Å². The van der Waals surface area contributed by atoms with Gasteiger partial charge in [0.2, 0.25) is 0 Å². The van der Waals surface area contributed by atoms with E-state index in [1.807, 2.05) is 0 Å². The van der Waals surface area contributed by atoms with E-state index in [1.54, 1.807) is 0 Å². The average Bonchev–Trinajstić information content (AvgIpc) is 2.53. The van der Waals surface area contributed by atoms with E-state index in [2.05, 4.69) is 6.92 Å². The van der Waals surface area contributed by atoms with Crippen molar-refractivity contribution in [3.8, 4) is 0 Å². The topological polar surface area (TPSA) is 54.4 Å². The number of aliphatic carboxylic acids is 1. The minimum absolute atomic E-state index is 0. The van der Waals surface area contributed by atoms with Crippen LogP contribution in [0.4, 0.5) is 0 Å². The van der Waals surface area contributed by atoms with Crippen LogP contribution >= 0.6 is 0 Å². The predicted octanol–water partition coefficient (Wildman–Crippen LogP) is 5.56. The Morgan fingerprint density at radius 3 is 1.17 bits per heavy atom. The Balaban J connectivity index is -0.00000128. The zero-order valence-electron chi connectivity index (χ0n) is 15.5. The minimum atomic E-state index is -0.653. The van der Waals surface area contributed by atoms with E-state index in [0.29, 0.717) is 22.6 Å². The third-order valence-corrected chi connectivity index (χ3v) is 3.99. The van der Waals surface area contributed by atoms with Crippen LogP contribution < -0.4 is 0 Å². The Hall–Kier alpha value is 0.426. The number of carbonyl (C=O) groups is 1. The second-order valence-corrected chi connectivity index (χ2v) is 6.09. The van der Waals surface area contributed by atoms with Gasteiger partial charge in [-0.2, -0.15) is 0 Å². The van der Waals surface area contributed by atoms with Crippen molar-refractivity contribution in [1.29, 1.82) is 0 Å². The van der Waals surface area contributed by atoms with Gasteiger partial charge in [0.25, 0.3) is 0 Å². The van der Waals surface area contributed by atoms with Gasteiger partial charge in [0.1, 0.15) is 0 Å². The van der Waals surface area contributed by atoms with Crippen LogP contribution in [0.5, 0.6) is 0 Å². The molecule has 1 N–H and O–H groups in total. The van der Waals surface area contributed by atoms with E-state index < -0.39 is 5.97 Å². The summed E-state index contributed by atoms with van der Waals surface area (Å²) in [5, 5.41) is 8.52. The summed E-state index contributed by atoms with van der Waals surface area (Å²) < 4.78 is 8.28. The molecule has 0 aromatic rings. The summed E-state index contributed by atoms with van der Waals surface area (Å²) in [6, 6.07) is 0. The van der Waals surface area contributed by atoms with Crippen molar-refractivity contribution in [1.82, 2.24) is 0 Å². The van der Waals surface area contributed by atoms with E-state index in [9.17, 15) is 4.79 Å². The van der Waals surface area contributed by atoms with E-state index >= 15 is 0 Å². The van der Waals surface area contributed by atoms with Crippen LogP contribution in [0.3, 0.4) is 0 Å². The number of carboxylic acid groups (broad SMARTS) is 1. The van der Waals surface area contributed by atoms with Crippen LogP contribution in [-0.2, 0) is 28.1 Å². The van der Waals surface area contributed by atoms with Crippen molar-refractivity contribution in [2.24, 2.45) is 0 Å². The summed E-state index contributed by atoms with van der Waals surface area (Å²) in [6.45, 7) is 2.27. The molecule has 0 rings (SSSR count). The Bertz CT molecular complexity index is 228. The Morgan fingerprint density at radius 1 is 0.652 bits per heavy atom. The van der Waals surface area contributed by atoms with E-state index in [1.165, 1.54) is 83.5 Å². The van der Waals surface area contributed by atoms with Gasteiger partial charge in [-0.3, -0.25) is 4.79 Å². The molecule has 5 heteroatoms. The zero-order valence-corrected chi connectivity index (χ0v) is 19.9. The van der Waals surface area contributed by atoms with Crippen molar-refractivity contribution < 1.29 is 33.2 Å². The second kappa shape index (κ2) is 27.3. The number of hydrogen-bond donors (Lipinski definition) is 1. The minimum Gasteiger partial charge on any atom is 0 e. The van der Waals surface area contributed by atoms with Crippen molar-refractivity contribution in [2.45, 2.75) is 110 Å². The van der Waals surface area contributed by atoms with Crippen molar-refractivity contribution in [2.75, 3.05) is 0 Å². The Kier molecular flexibility index (Phi) is 33.5. The first-order chi connectivity index (χ1) is 10.8. The van der Waals surface area contributed by atoms with Gasteiger partial charge in [0.05, 0.1) is 0 Å². The van der Waals surface area contributed by atoms with Crippen LogP contribution in [0.25, 0.3) is 0 Å². The van der Waals surface area contributed by atoms with Gasteiger partial charge in [-0.15, -0.1) is 0 Å². The summed E-state index contributed by atoms with van der Waals surface area (Å²) in [5.74, 6) is -0.653. The molecule has 0 atom stereocenters. The number of hydrogen-bond acceptors (Lipinski definition) is 2. The molecule has 0 heterocycles. The van der Waals surface area contributed by atoms with Crippen LogP contribution in [0.2, 0.25) is 0 Å². The maximum Gasteiger partial charge on any atom is 0 e. The maximum atomic E-state index is 10.3. The summed E-state index contributed by atoms with van der Waals surface area (Å²) in [7, 11) is 0. The molecule has 0 amide bonds. The summed E-state index contributed by atoms with van der Waals surface area (Å²) in [4.78, 5) is 10.3. The third kappa shape index (κ3) is 30.8. The summed E-state index contributed by atoms with van der Waals surface area (Å²) in [5.41, 5.74) is 0. The molecule has 0 unspecified atom stereocenters. The molecule has 0 fully saturated rings. The number of carboxylic acids is 1. The molecule has 0 aliphatic carbocycles. The quantitative estimate of drug-likeness (QED) is 0.276. The van der Waals surface area contributed by atoms with E-state index in [4.69, 9.17) is 8.91 Å². The van der Waals surface area contributed by atoms with Crippen LogP contribution in [0.1, 0.15) is 110 Å². The summed E-state index contributed by atoms with van der Waals surface area (Å²) >= 11 is 0.611. The molecule has 0 spiro atoms. The molecule has 0 saturated carbocycles. The SMILES string of the molecule is CCCCCCCCCCCCCCCCCC(=O)O.[O]=[AlH].[Zn]. The first-order valence-corrected chi connectivity index (χ1v) is 9.85. The first-order valence-electron chi connectivity index (χ1n) is 9.28. The van der Waals surface area contributed by atoms with E-state index in [-0.39, 0.29) is 19.5 Å². The second-order valence-electron chi connectivity index (χ2n) is 6.09. The number of unbranched alkanes of at least 4 members (excludes halogenated alkanes) is 14. The zero-order chi connectivity index (χ0) is 16.9. The Labute approximate surface area is 164 Å². The molecule has 0 saturated heterocycles. The van der Waals surface area contributed by atoms with Gasteiger partial charge in [-0.25, -0.2) is 0 Å². The largest absolute Gasteiger partial charge is 0 e. The van der Waals surface area contributed by atoms with Crippen LogP contribution in [0, 0.1) is 0 Å². The molecule has 0 aliphatic heterocycles. The molecule has 3 nitrogen and oxygen atoms in total. The van der Waals surface area contributed by atoms with Gasteiger partial charge in [0, 0.05) is 25.9 Å². The third-order valence-electron chi connectivity index (χ3n) is 3.99. The standard InChI is InChI=1S/C18H36O2.Al.O.Zn.H/c1-2-3-4-5-6-7-8-9-10-11-12-13-14-15-16-17-18(19)20;;;;/h2-17H2,1H3,(H,19,20);;;;. The molecular formula is C18H37AlO3Zn. The van der Waals surface area contributed by atoms with Crippen LogP contribution in [-0.4, -0.2) is 27.3 Å². The van der Waals surface area contributed by atoms with Gasteiger partial charge in [0.15, 0.2) is 0 Å². The van der Waals surface area contributed by atoms with Gasteiger partial charge < -0.3 is 5.11 Å². The fourth-order valence-corrected chi connectivity index (χ4v) is 2.65. The molecule has 132 valence electrons. The summed E-state index contributed by atoms with van der Waals surface area (Å²) in [6.07, 6.45) is 20.2. The molecule has 0 aromatic heterocycles. The fraction of sp³-hybridized carbons (Fsp3) is 0.944. The van der Waals surface area contributed by atoms with Gasteiger partial charge >= 0.3 is 26.0 Å². The average molecular weight is 394 g/mol. The molecule has 0 aliphatic rings. The van der Waals surface area contributed by atoms with E-state index in [0.717, 1.165) is 12.8 Å². The van der Waals surface area contributed by atoms with Gasteiger partial charge in [-0.1, -0.05) is 96.8 Å². The number of rotatable bonds is 16. The maximum absolute atomic E-state index is 10.3. The molecular weight excluding hydrogens is 357 g/mol. The first kappa shape index (κ1) is 28.2. The molecule has 0 bridgehead atoms. The van der Waals surface area contributed by atoms with Crippen molar-refractivity contribution >= 4 is 22.2 Å².